The van der Waals surface area contributed by atoms with Crippen LogP contribution in [0.2, 0.25) is 0 Å². The van der Waals surface area contributed by atoms with Crippen LogP contribution >= 0.6 is 0 Å². The Morgan fingerprint density at radius 3 is 2.44 bits per heavy atom. The Labute approximate surface area is 192 Å². The van der Waals surface area contributed by atoms with Gasteiger partial charge in [-0.15, -0.1) is 0 Å². The molecule has 4 heterocycles. The van der Waals surface area contributed by atoms with Gasteiger partial charge in [0, 0.05) is 72.0 Å². The maximum absolute atomic E-state index is 4.37. The number of hydrogen-bond donors (Lipinski definition) is 1. The lowest BCUT2D eigenvalue weighted by Gasteiger charge is -2.43. The Morgan fingerprint density at radius 2 is 1.75 bits per heavy atom. The van der Waals surface area contributed by atoms with Gasteiger partial charge in [-0.1, -0.05) is 13.8 Å². The Hall–Kier alpha value is -2.37. The number of rotatable bonds is 5. The third kappa shape index (κ3) is 4.16. The molecule has 0 radical (unpaired) electrons. The van der Waals surface area contributed by atoms with Crippen LogP contribution in [0.15, 0.2) is 36.5 Å². The van der Waals surface area contributed by atoms with Crippen LogP contribution in [0.5, 0.6) is 0 Å². The molecule has 32 heavy (non-hydrogen) atoms. The molecule has 1 N–H and O–H groups in total. The maximum atomic E-state index is 4.37. The monoisotopic (exact) mass is 431 g/mol. The van der Waals surface area contributed by atoms with Gasteiger partial charge in [-0.3, -0.25) is 9.88 Å². The van der Waals surface area contributed by atoms with Crippen molar-refractivity contribution in [2.45, 2.75) is 46.1 Å². The highest BCUT2D eigenvalue weighted by Gasteiger charge is 2.27. The first-order valence-corrected chi connectivity index (χ1v) is 12.4. The molecule has 2 aliphatic heterocycles. The number of H-pyrrole nitrogens is 1. The summed E-state index contributed by atoms with van der Waals surface area (Å²) >= 11 is 0. The largest absolute Gasteiger partial charge is 0.369 e. The fourth-order valence-electron chi connectivity index (χ4n) is 5.69. The molecule has 0 saturated carbocycles. The van der Waals surface area contributed by atoms with Gasteiger partial charge < -0.3 is 14.8 Å². The smallest absolute Gasteiger partial charge is 0.0498 e. The average Bonchev–Trinajstić information content (AvgIpc) is 3.22. The lowest BCUT2D eigenvalue weighted by Crippen LogP contribution is -2.53. The molecule has 2 saturated heterocycles. The number of likely N-dealkylation sites (tertiary alicyclic amines) is 1. The molecule has 2 fully saturated rings. The van der Waals surface area contributed by atoms with Crippen molar-refractivity contribution in [2.75, 3.05) is 50.7 Å². The number of nitrogens with one attached hydrogen (secondary N) is 1. The van der Waals surface area contributed by atoms with Gasteiger partial charge in [0.1, 0.15) is 0 Å². The Kier molecular flexibility index (Phi) is 6.20. The predicted octanol–water partition coefficient (Wildman–Crippen LogP) is 4.71. The third-order valence-corrected chi connectivity index (χ3v) is 7.63. The van der Waals surface area contributed by atoms with Gasteiger partial charge in [-0.2, -0.15) is 0 Å². The number of pyridine rings is 1. The van der Waals surface area contributed by atoms with Crippen LogP contribution in [-0.2, 0) is 6.42 Å². The normalized spacial score (nSPS) is 19.2. The van der Waals surface area contributed by atoms with Gasteiger partial charge in [-0.25, -0.2) is 0 Å². The molecule has 2 aliphatic rings. The van der Waals surface area contributed by atoms with Crippen molar-refractivity contribution in [3.8, 4) is 11.3 Å². The summed E-state index contributed by atoms with van der Waals surface area (Å²) in [4.78, 5) is 16.0. The van der Waals surface area contributed by atoms with Crippen molar-refractivity contribution in [3.63, 3.8) is 0 Å². The van der Waals surface area contributed by atoms with E-state index in [9.17, 15) is 0 Å². The zero-order valence-corrected chi connectivity index (χ0v) is 19.9. The second kappa shape index (κ2) is 9.24. The summed E-state index contributed by atoms with van der Waals surface area (Å²) in [6, 6.07) is 12.1. The van der Waals surface area contributed by atoms with Crippen molar-refractivity contribution in [1.82, 2.24) is 19.8 Å². The molecular formula is C27H37N5. The number of aryl methyl sites for hydroxylation is 2. The molecule has 5 nitrogen and oxygen atoms in total. The lowest BCUT2D eigenvalue weighted by atomic mass is 10.0. The molecule has 1 aromatic carbocycles. The van der Waals surface area contributed by atoms with E-state index in [0.29, 0.717) is 0 Å². The van der Waals surface area contributed by atoms with Gasteiger partial charge >= 0.3 is 0 Å². The zero-order valence-electron chi connectivity index (χ0n) is 19.9. The van der Waals surface area contributed by atoms with Gasteiger partial charge in [0.05, 0.1) is 0 Å². The number of piperazine rings is 1. The lowest BCUT2D eigenvalue weighted by molar-refractivity contribution is 0.106. The van der Waals surface area contributed by atoms with Crippen LogP contribution < -0.4 is 4.90 Å². The topological polar surface area (TPSA) is 38.4 Å². The molecule has 170 valence electrons. The van der Waals surface area contributed by atoms with Crippen molar-refractivity contribution in [1.29, 1.82) is 0 Å². The van der Waals surface area contributed by atoms with E-state index >= 15 is 0 Å². The fourth-order valence-corrected chi connectivity index (χ4v) is 5.69. The second-order valence-corrected chi connectivity index (χ2v) is 9.44. The Morgan fingerprint density at radius 1 is 0.969 bits per heavy atom. The van der Waals surface area contributed by atoms with Crippen LogP contribution in [0.4, 0.5) is 5.69 Å². The molecule has 3 aromatic rings. The molecule has 0 atom stereocenters. The zero-order chi connectivity index (χ0) is 22.1. The van der Waals surface area contributed by atoms with E-state index in [1.807, 2.05) is 6.20 Å². The Balaban J connectivity index is 1.32. The third-order valence-electron chi connectivity index (χ3n) is 7.63. The molecule has 0 aliphatic carbocycles. The summed E-state index contributed by atoms with van der Waals surface area (Å²) in [6.07, 6.45) is 5.59. The Bertz CT molecular complexity index is 1060. The number of piperidine rings is 1. The quantitative estimate of drug-likeness (QED) is 0.635. The summed E-state index contributed by atoms with van der Waals surface area (Å²) in [7, 11) is 0. The van der Waals surface area contributed by atoms with E-state index in [1.165, 1.54) is 79.0 Å². The predicted molar refractivity (Wildman–Crippen MR) is 135 cm³/mol. The number of nitrogens with zero attached hydrogens (tertiary/aromatic N) is 4. The van der Waals surface area contributed by atoms with Crippen LogP contribution in [0.1, 0.15) is 37.9 Å². The highest BCUT2D eigenvalue weighted by Crippen LogP contribution is 2.33. The molecule has 2 aromatic heterocycles. The molecule has 0 amide bonds. The summed E-state index contributed by atoms with van der Waals surface area (Å²) in [5.74, 6) is 0. The molecule has 0 bridgehead atoms. The minimum atomic E-state index is 0.783. The van der Waals surface area contributed by atoms with Crippen molar-refractivity contribution < 1.29 is 0 Å². The maximum Gasteiger partial charge on any atom is 0.0498 e. The molecule has 0 spiro atoms. The van der Waals surface area contributed by atoms with E-state index in [4.69, 9.17) is 0 Å². The standard InChI is InChI=1S/C27H37N5/c1-4-24-25-19-23(6-7-26(25)29-27(24)21-8-11-28-20(3)18-21)32-16-14-31(15-17-32)22-9-12-30(5-2)13-10-22/h6-8,11,18-19,22,29H,4-5,9-10,12-17H2,1-3H3. The highest BCUT2D eigenvalue weighted by molar-refractivity contribution is 5.93. The summed E-state index contributed by atoms with van der Waals surface area (Å²) in [5.41, 5.74) is 7.54. The van der Waals surface area contributed by atoms with E-state index in [2.05, 4.69) is 75.8 Å². The van der Waals surface area contributed by atoms with Crippen molar-refractivity contribution >= 4 is 16.6 Å². The number of aromatic nitrogens is 2. The average molecular weight is 432 g/mol. The van der Waals surface area contributed by atoms with Crippen molar-refractivity contribution in [2.24, 2.45) is 0 Å². The van der Waals surface area contributed by atoms with Crippen LogP contribution in [-0.4, -0.2) is 71.6 Å². The number of anilines is 1. The fraction of sp³-hybridized carbons (Fsp3) is 0.519. The molecular weight excluding hydrogens is 394 g/mol. The van der Waals surface area contributed by atoms with E-state index in [-0.39, 0.29) is 0 Å². The van der Waals surface area contributed by atoms with Gasteiger partial charge in [0.25, 0.3) is 0 Å². The number of aromatic amines is 1. The van der Waals surface area contributed by atoms with Gasteiger partial charge in [-0.05, 0) is 81.7 Å². The van der Waals surface area contributed by atoms with E-state index in [1.54, 1.807) is 0 Å². The molecule has 5 heteroatoms. The number of hydrogen-bond acceptors (Lipinski definition) is 4. The number of benzene rings is 1. The summed E-state index contributed by atoms with van der Waals surface area (Å²) in [6.45, 7) is 15.0. The van der Waals surface area contributed by atoms with E-state index < -0.39 is 0 Å². The summed E-state index contributed by atoms with van der Waals surface area (Å²) < 4.78 is 0. The summed E-state index contributed by atoms with van der Waals surface area (Å²) in [5, 5.41) is 1.36. The SMILES string of the molecule is CCc1c(-c2ccnc(C)c2)[nH]c2ccc(N3CCN(C4CCN(CC)CC4)CC3)cc12. The minimum Gasteiger partial charge on any atom is -0.369 e. The second-order valence-electron chi connectivity index (χ2n) is 9.44. The van der Waals surface area contributed by atoms with Crippen LogP contribution in [0.3, 0.4) is 0 Å². The van der Waals surface area contributed by atoms with Gasteiger partial charge in [0.2, 0.25) is 0 Å². The minimum absolute atomic E-state index is 0.783. The van der Waals surface area contributed by atoms with Crippen molar-refractivity contribution in [3.05, 3.63) is 47.8 Å². The first-order chi connectivity index (χ1) is 15.7. The number of fused-ring (bicyclic) bond motifs is 1. The first-order valence-electron chi connectivity index (χ1n) is 12.4. The molecule has 0 unspecified atom stereocenters. The van der Waals surface area contributed by atoms with E-state index in [0.717, 1.165) is 31.2 Å². The van der Waals surface area contributed by atoms with Gasteiger partial charge in [0.15, 0.2) is 0 Å². The first kappa shape index (κ1) is 21.5. The molecule has 5 rings (SSSR count). The highest BCUT2D eigenvalue weighted by atomic mass is 15.3. The van der Waals surface area contributed by atoms with Crippen LogP contribution in [0.25, 0.3) is 22.2 Å². The van der Waals surface area contributed by atoms with Crippen LogP contribution in [0, 0.1) is 6.92 Å².